The van der Waals surface area contributed by atoms with Gasteiger partial charge in [0.15, 0.2) is 0 Å². The molecule has 0 spiro atoms. The number of amides is 1. The third-order valence-electron chi connectivity index (χ3n) is 2.36. The highest BCUT2D eigenvalue weighted by molar-refractivity contribution is 5.76. The molecule has 0 aliphatic heterocycles. The fraction of sp³-hybridized carbons (Fsp3) is 0.727. The Morgan fingerprint density at radius 2 is 2.12 bits per heavy atom. The van der Waals surface area contributed by atoms with Gasteiger partial charge >= 0.3 is 0 Å². The average molecular weight is 239 g/mol. The van der Waals surface area contributed by atoms with E-state index in [1.54, 1.807) is 0 Å². The Labute approximate surface area is 102 Å². The van der Waals surface area contributed by atoms with Crippen LogP contribution in [0, 0.1) is 5.92 Å². The molecule has 17 heavy (non-hydrogen) atoms. The summed E-state index contributed by atoms with van der Waals surface area (Å²) in [4.78, 5) is 17.7. The topological polar surface area (TPSA) is 77.0 Å². The maximum atomic E-state index is 12.1. The standard InChI is InChI=1S/C11H21N5O/c1-8(2)5-16(9(3)4)10(17)6-15-7-13-11(12)14-15/h7-9H,5-6H2,1-4H3,(H2,12,14). The van der Waals surface area contributed by atoms with Crippen molar-refractivity contribution >= 4 is 11.9 Å². The van der Waals surface area contributed by atoms with Gasteiger partial charge in [-0.1, -0.05) is 13.8 Å². The smallest absolute Gasteiger partial charge is 0.244 e. The van der Waals surface area contributed by atoms with Crippen molar-refractivity contribution in [3.63, 3.8) is 0 Å². The van der Waals surface area contributed by atoms with E-state index in [-0.39, 0.29) is 24.4 Å². The third kappa shape index (κ3) is 4.05. The summed E-state index contributed by atoms with van der Waals surface area (Å²) in [7, 11) is 0. The Morgan fingerprint density at radius 3 is 2.53 bits per heavy atom. The minimum atomic E-state index is 0.0404. The third-order valence-corrected chi connectivity index (χ3v) is 2.36. The first-order valence-corrected chi connectivity index (χ1v) is 5.84. The lowest BCUT2D eigenvalue weighted by atomic mass is 10.2. The molecular formula is C11H21N5O. The second-order valence-corrected chi connectivity index (χ2v) is 4.83. The van der Waals surface area contributed by atoms with Gasteiger partial charge in [0.25, 0.3) is 0 Å². The second-order valence-electron chi connectivity index (χ2n) is 4.83. The quantitative estimate of drug-likeness (QED) is 0.822. The van der Waals surface area contributed by atoms with Crippen LogP contribution in [0.15, 0.2) is 6.33 Å². The SMILES string of the molecule is CC(C)CN(C(=O)Cn1cnc(N)n1)C(C)C. The molecule has 1 aromatic rings. The fourth-order valence-electron chi connectivity index (χ4n) is 1.61. The van der Waals surface area contributed by atoms with Crippen LogP contribution in [0.25, 0.3) is 0 Å². The number of rotatable bonds is 5. The molecule has 0 aromatic carbocycles. The zero-order chi connectivity index (χ0) is 13.0. The minimum absolute atomic E-state index is 0.0404. The molecular weight excluding hydrogens is 218 g/mol. The predicted octanol–water partition coefficient (Wildman–Crippen LogP) is 0.753. The lowest BCUT2D eigenvalue weighted by molar-refractivity contribution is -0.134. The van der Waals surface area contributed by atoms with Crippen LogP contribution in [0.3, 0.4) is 0 Å². The highest BCUT2D eigenvalue weighted by atomic mass is 16.2. The molecule has 0 atom stereocenters. The molecule has 0 saturated heterocycles. The number of nitrogen functional groups attached to an aromatic ring is 1. The molecule has 0 fully saturated rings. The normalized spacial score (nSPS) is 11.2. The van der Waals surface area contributed by atoms with Crippen LogP contribution in [0.1, 0.15) is 27.7 Å². The Kier molecular flexibility index (Phi) is 4.48. The van der Waals surface area contributed by atoms with Crippen molar-refractivity contribution in [3.05, 3.63) is 6.33 Å². The predicted molar refractivity (Wildman–Crippen MR) is 66.1 cm³/mol. The molecule has 0 aliphatic carbocycles. The summed E-state index contributed by atoms with van der Waals surface area (Å²) in [6.07, 6.45) is 1.47. The summed E-state index contributed by atoms with van der Waals surface area (Å²) in [6.45, 7) is 9.15. The van der Waals surface area contributed by atoms with Gasteiger partial charge in [-0.3, -0.25) is 4.79 Å². The van der Waals surface area contributed by atoms with Crippen molar-refractivity contribution in [2.45, 2.75) is 40.3 Å². The molecule has 2 N–H and O–H groups in total. The van der Waals surface area contributed by atoms with Crippen molar-refractivity contribution in [2.24, 2.45) is 5.92 Å². The van der Waals surface area contributed by atoms with Gasteiger partial charge in [-0.2, -0.15) is 0 Å². The number of anilines is 1. The van der Waals surface area contributed by atoms with E-state index in [2.05, 4.69) is 23.9 Å². The Hall–Kier alpha value is -1.59. The number of carbonyl (C=O) groups is 1. The lowest BCUT2D eigenvalue weighted by Crippen LogP contribution is -2.41. The summed E-state index contributed by atoms with van der Waals surface area (Å²) < 4.78 is 1.47. The maximum Gasteiger partial charge on any atom is 0.244 e. The summed E-state index contributed by atoms with van der Waals surface area (Å²) in [5.41, 5.74) is 5.40. The van der Waals surface area contributed by atoms with Crippen LogP contribution in [-0.4, -0.2) is 38.2 Å². The highest BCUT2D eigenvalue weighted by Gasteiger charge is 2.18. The zero-order valence-corrected chi connectivity index (χ0v) is 10.9. The zero-order valence-electron chi connectivity index (χ0n) is 10.9. The summed E-state index contributed by atoms with van der Waals surface area (Å²) in [6, 6.07) is 0.186. The van der Waals surface area contributed by atoms with Gasteiger partial charge in [0.2, 0.25) is 11.9 Å². The molecule has 1 amide bonds. The molecule has 0 saturated carbocycles. The molecule has 0 bridgehead atoms. The number of hydrogen-bond donors (Lipinski definition) is 1. The van der Waals surface area contributed by atoms with Gasteiger partial charge < -0.3 is 10.6 Å². The Bertz CT molecular complexity index is 372. The van der Waals surface area contributed by atoms with E-state index < -0.39 is 0 Å². The van der Waals surface area contributed by atoms with Crippen LogP contribution in [-0.2, 0) is 11.3 Å². The van der Waals surface area contributed by atoms with Crippen LogP contribution in [0.2, 0.25) is 0 Å². The first-order chi connectivity index (χ1) is 7.90. The van der Waals surface area contributed by atoms with E-state index in [0.29, 0.717) is 5.92 Å². The molecule has 6 heteroatoms. The second kappa shape index (κ2) is 5.65. The van der Waals surface area contributed by atoms with E-state index in [0.717, 1.165) is 6.54 Å². The van der Waals surface area contributed by atoms with Crippen molar-refractivity contribution in [3.8, 4) is 0 Å². The van der Waals surface area contributed by atoms with Crippen molar-refractivity contribution < 1.29 is 4.79 Å². The van der Waals surface area contributed by atoms with Gasteiger partial charge in [-0.15, -0.1) is 5.10 Å². The monoisotopic (exact) mass is 239 g/mol. The van der Waals surface area contributed by atoms with E-state index in [1.165, 1.54) is 11.0 Å². The average Bonchev–Trinajstić information content (AvgIpc) is 2.59. The van der Waals surface area contributed by atoms with Crippen molar-refractivity contribution in [1.29, 1.82) is 0 Å². The largest absolute Gasteiger partial charge is 0.367 e. The van der Waals surface area contributed by atoms with E-state index in [1.807, 2.05) is 18.7 Å². The molecule has 0 radical (unpaired) electrons. The summed E-state index contributed by atoms with van der Waals surface area (Å²) in [5.74, 6) is 0.679. The summed E-state index contributed by atoms with van der Waals surface area (Å²) >= 11 is 0. The van der Waals surface area contributed by atoms with Gasteiger partial charge in [-0.25, -0.2) is 9.67 Å². The highest BCUT2D eigenvalue weighted by Crippen LogP contribution is 2.06. The van der Waals surface area contributed by atoms with Crippen LogP contribution in [0.4, 0.5) is 5.95 Å². The van der Waals surface area contributed by atoms with Crippen LogP contribution < -0.4 is 5.73 Å². The van der Waals surface area contributed by atoms with E-state index in [9.17, 15) is 4.79 Å². The molecule has 1 aromatic heterocycles. The molecule has 1 rings (SSSR count). The number of nitrogens with zero attached hydrogens (tertiary/aromatic N) is 4. The maximum absolute atomic E-state index is 12.1. The number of nitrogens with two attached hydrogens (primary N) is 1. The molecule has 1 heterocycles. The van der Waals surface area contributed by atoms with Crippen LogP contribution >= 0.6 is 0 Å². The summed E-state index contributed by atoms with van der Waals surface area (Å²) in [5, 5.41) is 3.91. The molecule has 96 valence electrons. The lowest BCUT2D eigenvalue weighted by Gasteiger charge is -2.28. The van der Waals surface area contributed by atoms with E-state index >= 15 is 0 Å². The van der Waals surface area contributed by atoms with Gasteiger partial charge in [0.05, 0.1) is 0 Å². The Morgan fingerprint density at radius 1 is 1.47 bits per heavy atom. The Balaban J connectivity index is 2.65. The number of hydrogen-bond acceptors (Lipinski definition) is 4. The number of carbonyl (C=O) groups excluding carboxylic acids is 1. The number of aromatic nitrogens is 3. The minimum Gasteiger partial charge on any atom is -0.367 e. The van der Waals surface area contributed by atoms with E-state index in [4.69, 9.17) is 5.73 Å². The molecule has 0 unspecified atom stereocenters. The van der Waals surface area contributed by atoms with Crippen molar-refractivity contribution in [1.82, 2.24) is 19.7 Å². The van der Waals surface area contributed by atoms with Gasteiger partial charge in [0, 0.05) is 12.6 Å². The first-order valence-electron chi connectivity index (χ1n) is 5.84. The molecule has 0 aliphatic rings. The first kappa shape index (κ1) is 13.5. The van der Waals surface area contributed by atoms with Crippen molar-refractivity contribution in [2.75, 3.05) is 12.3 Å². The van der Waals surface area contributed by atoms with Gasteiger partial charge in [0.1, 0.15) is 12.9 Å². The van der Waals surface area contributed by atoms with Crippen LogP contribution in [0.5, 0.6) is 0 Å². The van der Waals surface area contributed by atoms with Gasteiger partial charge in [-0.05, 0) is 19.8 Å². The fourth-order valence-corrected chi connectivity index (χ4v) is 1.61. The molecule has 6 nitrogen and oxygen atoms in total.